The molecule has 4 nitrogen and oxygen atoms in total. The second-order valence-electron chi connectivity index (χ2n) is 6.03. The minimum Gasteiger partial charge on any atom is -0.196 e. The van der Waals surface area contributed by atoms with Gasteiger partial charge < -0.3 is 0 Å². The highest BCUT2D eigenvalue weighted by Crippen LogP contribution is 2.25. The lowest BCUT2D eigenvalue weighted by atomic mass is 9.87. The summed E-state index contributed by atoms with van der Waals surface area (Å²) < 4.78 is 0. The number of hydrogen-bond acceptors (Lipinski definition) is 4. The van der Waals surface area contributed by atoms with Gasteiger partial charge in [-0.2, -0.15) is 20.8 Å². The van der Waals surface area contributed by atoms with Gasteiger partial charge in [0.1, 0.15) is 0 Å². The fourth-order valence-corrected chi connectivity index (χ4v) is 0.919. The topological polar surface area (TPSA) is 72.3 Å². The van der Waals surface area contributed by atoms with Crippen molar-refractivity contribution in [1.29, 1.82) is 10.5 Å². The lowest BCUT2D eigenvalue weighted by Crippen LogP contribution is -2.25. The van der Waals surface area contributed by atoms with Gasteiger partial charge in [-0.15, -0.1) is 0 Å². The molecule has 0 aromatic heterocycles. The third kappa shape index (κ3) is 4.40. The molecule has 0 spiro atoms. The van der Waals surface area contributed by atoms with Crippen molar-refractivity contribution >= 4 is 0 Å². The Morgan fingerprint density at radius 2 is 1.00 bits per heavy atom. The van der Waals surface area contributed by atoms with Gasteiger partial charge in [0.05, 0.1) is 12.1 Å². The van der Waals surface area contributed by atoms with Gasteiger partial charge in [0.2, 0.25) is 0 Å². The maximum Gasteiger partial charge on any atom is 0.162 e. The third-order valence-corrected chi connectivity index (χ3v) is 2.18. The van der Waals surface area contributed by atoms with Crippen molar-refractivity contribution in [2.75, 3.05) is 0 Å². The summed E-state index contributed by atoms with van der Waals surface area (Å²) in [6, 6.07) is 3.19. The van der Waals surface area contributed by atoms with Crippen LogP contribution in [0.4, 0.5) is 0 Å². The molecule has 0 aliphatic carbocycles. The average Bonchev–Trinajstić information content (AvgIpc) is 2.08. The molecule has 0 aliphatic heterocycles. The van der Waals surface area contributed by atoms with Crippen LogP contribution in [-0.4, -0.2) is 12.1 Å². The van der Waals surface area contributed by atoms with Gasteiger partial charge in [0.15, 0.2) is 12.1 Å². The van der Waals surface area contributed by atoms with E-state index in [1.54, 1.807) is 0 Å². The van der Waals surface area contributed by atoms with Crippen molar-refractivity contribution in [2.24, 2.45) is 21.1 Å². The summed E-state index contributed by atoms with van der Waals surface area (Å²) in [7, 11) is 0. The molecular formula is C12H20N4. The minimum atomic E-state index is -0.509. The molecule has 0 N–H and O–H groups in total. The lowest BCUT2D eigenvalue weighted by Gasteiger charge is -2.23. The Hall–Kier alpha value is -1.42. The van der Waals surface area contributed by atoms with E-state index in [2.05, 4.69) is 22.4 Å². The monoisotopic (exact) mass is 220 g/mol. The Morgan fingerprint density at radius 3 is 1.12 bits per heavy atom. The smallest absolute Gasteiger partial charge is 0.162 e. The molecule has 2 atom stereocenters. The summed E-state index contributed by atoms with van der Waals surface area (Å²) in [6.45, 7) is 11.6. The van der Waals surface area contributed by atoms with Crippen LogP contribution >= 0.6 is 0 Å². The molecule has 0 aliphatic rings. The molecule has 0 rings (SSSR count). The first-order chi connectivity index (χ1) is 7.12. The van der Waals surface area contributed by atoms with Crippen molar-refractivity contribution in [1.82, 2.24) is 0 Å². The van der Waals surface area contributed by atoms with Crippen LogP contribution in [-0.2, 0) is 0 Å². The molecule has 0 bridgehead atoms. The van der Waals surface area contributed by atoms with Gasteiger partial charge in [0, 0.05) is 0 Å². The molecule has 0 aromatic rings. The van der Waals surface area contributed by atoms with Gasteiger partial charge in [0.25, 0.3) is 0 Å². The first-order valence-electron chi connectivity index (χ1n) is 5.32. The Morgan fingerprint density at radius 1 is 0.750 bits per heavy atom. The molecule has 0 saturated carbocycles. The van der Waals surface area contributed by atoms with Crippen LogP contribution in [0.2, 0.25) is 0 Å². The van der Waals surface area contributed by atoms with Crippen molar-refractivity contribution in [3.63, 3.8) is 0 Å². The van der Waals surface area contributed by atoms with Crippen LogP contribution in [0.5, 0.6) is 0 Å². The summed E-state index contributed by atoms with van der Waals surface area (Å²) in [6.07, 6.45) is 0. The van der Waals surface area contributed by atoms with E-state index in [0.29, 0.717) is 0 Å². The zero-order valence-corrected chi connectivity index (χ0v) is 10.9. The van der Waals surface area contributed by atoms with Crippen molar-refractivity contribution in [2.45, 2.75) is 53.6 Å². The van der Waals surface area contributed by atoms with Crippen molar-refractivity contribution < 1.29 is 0 Å². The normalized spacial score (nSPS) is 16.5. The van der Waals surface area contributed by atoms with Crippen molar-refractivity contribution in [3.8, 4) is 12.1 Å². The van der Waals surface area contributed by atoms with Gasteiger partial charge in [-0.25, -0.2) is 0 Å². The van der Waals surface area contributed by atoms with Gasteiger partial charge in [-0.05, 0) is 10.8 Å². The molecule has 0 radical (unpaired) electrons. The first-order valence-corrected chi connectivity index (χ1v) is 5.32. The van der Waals surface area contributed by atoms with E-state index in [0.717, 1.165) is 0 Å². The van der Waals surface area contributed by atoms with E-state index in [1.807, 2.05) is 41.5 Å². The molecule has 0 heterocycles. The molecule has 0 fully saturated rings. The predicted octanol–water partition coefficient (Wildman–Crippen LogP) is 3.32. The molecule has 4 heteroatoms. The first kappa shape index (κ1) is 14.6. The Balaban J connectivity index is 4.85. The molecule has 16 heavy (non-hydrogen) atoms. The zero-order valence-electron chi connectivity index (χ0n) is 10.9. The number of nitrogens with zero attached hydrogens (tertiary/aromatic N) is 4. The SMILES string of the molecule is CC(C)(C)C(C#N)N=NC(C#N)C(C)(C)C. The Kier molecular flexibility index (Phi) is 4.62. The van der Waals surface area contributed by atoms with Crippen LogP contribution in [0, 0.1) is 33.5 Å². The Bertz CT molecular complexity index is 296. The molecular weight excluding hydrogens is 200 g/mol. The van der Waals surface area contributed by atoms with E-state index < -0.39 is 12.1 Å². The van der Waals surface area contributed by atoms with E-state index >= 15 is 0 Å². The Labute approximate surface area is 98.0 Å². The molecule has 88 valence electrons. The van der Waals surface area contributed by atoms with Gasteiger partial charge in [-0.3, -0.25) is 0 Å². The second-order valence-corrected chi connectivity index (χ2v) is 6.03. The number of nitriles is 2. The average molecular weight is 220 g/mol. The van der Waals surface area contributed by atoms with Crippen molar-refractivity contribution in [3.05, 3.63) is 0 Å². The van der Waals surface area contributed by atoms with Gasteiger partial charge >= 0.3 is 0 Å². The fourth-order valence-electron chi connectivity index (χ4n) is 0.919. The summed E-state index contributed by atoms with van der Waals surface area (Å²) in [5, 5.41) is 25.9. The van der Waals surface area contributed by atoms with E-state index in [4.69, 9.17) is 10.5 Å². The van der Waals surface area contributed by atoms with Gasteiger partial charge in [-0.1, -0.05) is 41.5 Å². The van der Waals surface area contributed by atoms with Crippen LogP contribution < -0.4 is 0 Å². The number of azo groups is 1. The lowest BCUT2D eigenvalue weighted by molar-refractivity contribution is 0.331. The van der Waals surface area contributed by atoms with E-state index in [1.165, 1.54) is 0 Å². The highest BCUT2D eigenvalue weighted by atomic mass is 15.1. The fraction of sp³-hybridized carbons (Fsp3) is 0.833. The summed E-state index contributed by atoms with van der Waals surface area (Å²) >= 11 is 0. The van der Waals surface area contributed by atoms with E-state index in [-0.39, 0.29) is 10.8 Å². The maximum atomic E-state index is 8.96. The minimum absolute atomic E-state index is 0.254. The van der Waals surface area contributed by atoms with Crippen LogP contribution in [0.25, 0.3) is 0 Å². The largest absolute Gasteiger partial charge is 0.196 e. The standard InChI is InChI=1S/C12H20N4/c1-11(2,3)9(7-13)15-16-10(8-14)12(4,5)6/h9-10H,1-6H3. The maximum absolute atomic E-state index is 8.96. The van der Waals surface area contributed by atoms with Crippen LogP contribution in [0.3, 0.4) is 0 Å². The summed E-state index contributed by atoms with van der Waals surface area (Å²) in [5.41, 5.74) is -0.508. The van der Waals surface area contributed by atoms with Crippen LogP contribution in [0.15, 0.2) is 10.2 Å². The van der Waals surface area contributed by atoms with Crippen LogP contribution in [0.1, 0.15) is 41.5 Å². The quantitative estimate of drug-likeness (QED) is 0.669. The zero-order chi connectivity index (χ0) is 13.0. The molecule has 0 saturated heterocycles. The third-order valence-electron chi connectivity index (χ3n) is 2.18. The summed E-state index contributed by atoms with van der Waals surface area (Å²) in [4.78, 5) is 0. The van der Waals surface area contributed by atoms with E-state index in [9.17, 15) is 0 Å². The highest BCUT2D eigenvalue weighted by molar-refractivity contribution is 5.01. The molecule has 2 unspecified atom stereocenters. The summed E-state index contributed by atoms with van der Waals surface area (Å²) in [5.74, 6) is 0. The second kappa shape index (κ2) is 5.07. The number of hydrogen-bond donors (Lipinski definition) is 0. The molecule has 0 amide bonds. The molecule has 0 aromatic carbocycles. The number of rotatable bonds is 2. The highest BCUT2D eigenvalue weighted by Gasteiger charge is 2.27. The predicted molar refractivity (Wildman–Crippen MR) is 62.6 cm³/mol.